The molecule has 1 unspecified atom stereocenters. The molecule has 0 aromatic carbocycles. The van der Waals surface area contributed by atoms with Gasteiger partial charge in [0.1, 0.15) is 0 Å². The lowest BCUT2D eigenvalue weighted by atomic mass is 10.0. The van der Waals surface area contributed by atoms with E-state index in [1.54, 1.807) is 4.31 Å². The van der Waals surface area contributed by atoms with E-state index in [-0.39, 0.29) is 0 Å². The van der Waals surface area contributed by atoms with Crippen LogP contribution in [-0.4, -0.2) is 68.7 Å². The Hall–Kier alpha value is -0.170. The summed E-state index contributed by atoms with van der Waals surface area (Å²) in [5.74, 6) is 0.304. The second-order valence-electron chi connectivity index (χ2n) is 5.99. The maximum atomic E-state index is 12.4. The Morgan fingerprint density at radius 3 is 2.50 bits per heavy atom. The fourth-order valence-corrected chi connectivity index (χ4v) is 4.70. The molecule has 0 spiro atoms. The molecule has 0 saturated carbocycles. The predicted octanol–water partition coefficient (Wildman–Crippen LogP) is 0.876. The summed E-state index contributed by atoms with van der Waals surface area (Å²) in [6, 6.07) is 0.403. The van der Waals surface area contributed by atoms with Crippen LogP contribution in [-0.2, 0) is 10.0 Å². The summed E-state index contributed by atoms with van der Waals surface area (Å²) < 4.78 is 26.4. The summed E-state index contributed by atoms with van der Waals surface area (Å²) >= 11 is 0. The highest BCUT2D eigenvalue weighted by Gasteiger charge is 2.27. The summed E-state index contributed by atoms with van der Waals surface area (Å²) in [7, 11) is -3.05. The van der Waals surface area contributed by atoms with Crippen LogP contribution in [0, 0.1) is 0 Å². The van der Waals surface area contributed by atoms with E-state index in [1.165, 1.54) is 12.8 Å². The van der Waals surface area contributed by atoms with Gasteiger partial charge in [0, 0.05) is 32.2 Å². The average molecular weight is 303 g/mol. The zero-order chi connectivity index (χ0) is 14.4. The molecule has 2 saturated heterocycles. The lowest BCUT2D eigenvalue weighted by Crippen LogP contribution is -2.49. The number of hydrogen-bond donors (Lipinski definition) is 1. The first-order valence-corrected chi connectivity index (χ1v) is 9.66. The van der Waals surface area contributed by atoms with Crippen molar-refractivity contribution in [3.05, 3.63) is 0 Å². The van der Waals surface area contributed by atoms with Crippen molar-refractivity contribution in [2.24, 2.45) is 0 Å². The van der Waals surface area contributed by atoms with Gasteiger partial charge in [0.2, 0.25) is 10.0 Å². The van der Waals surface area contributed by atoms with Crippen LogP contribution in [0.25, 0.3) is 0 Å². The van der Waals surface area contributed by atoms with Crippen LogP contribution < -0.4 is 5.32 Å². The standard InChI is InChI=1S/C14H29N3O2S/c1-2-8-16-9-11-17(12-10-16)20(18,19)13-6-14-5-3-4-7-15-14/h14-15H,2-13H2,1H3. The fourth-order valence-electron chi connectivity index (χ4n) is 3.14. The number of piperidine rings is 1. The summed E-state index contributed by atoms with van der Waals surface area (Å²) in [4.78, 5) is 2.36. The molecule has 118 valence electrons. The molecule has 2 aliphatic rings. The maximum absolute atomic E-state index is 12.4. The Balaban J connectivity index is 1.75. The SMILES string of the molecule is CCCN1CCN(S(=O)(=O)CCC2CCCCN2)CC1. The van der Waals surface area contributed by atoms with Crippen molar-refractivity contribution in [3.8, 4) is 0 Å². The van der Waals surface area contributed by atoms with Gasteiger partial charge in [0.25, 0.3) is 0 Å². The molecule has 0 radical (unpaired) electrons. The highest BCUT2D eigenvalue weighted by molar-refractivity contribution is 7.89. The monoisotopic (exact) mass is 303 g/mol. The summed E-state index contributed by atoms with van der Waals surface area (Å²) in [6.45, 7) is 7.39. The van der Waals surface area contributed by atoms with Gasteiger partial charge < -0.3 is 10.2 Å². The third kappa shape index (κ3) is 4.69. The number of nitrogens with zero attached hydrogens (tertiary/aromatic N) is 2. The molecule has 0 aromatic heterocycles. The second-order valence-corrected chi connectivity index (χ2v) is 8.08. The molecule has 20 heavy (non-hydrogen) atoms. The van der Waals surface area contributed by atoms with Gasteiger partial charge in [-0.3, -0.25) is 0 Å². The Bertz CT molecular complexity index is 372. The van der Waals surface area contributed by atoms with E-state index >= 15 is 0 Å². The third-order valence-electron chi connectivity index (χ3n) is 4.40. The van der Waals surface area contributed by atoms with Gasteiger partial charge in [-0.1, -0.05) is 13.3 Å². The Kier molecular flexibility index (Phi) is 6.26. The minimum absolute atomic E-state index is 0.304. The van der Waals surface area contributed by atoms with Crippen molar-refractivity contribution >= 4 is 10.0 Å². The van der Waals surface area contributed by atoms with E-state index in [9.17, 15) is 8.42 Å². The first-order chi connectivity index (χ1) is 9.62. The predicted molar refractivity (Wildman–Crippen MR) is 82.3 cm³/mol. The lowest BCUT2D eigenvalue weighted by molar-refractivity contribution is 0.188. The Morgan fingerprint density at radius 2 is 1.90 bits per heavy atom. The molecule has 2 rings (SSSR count). The van der Waals surface area contributed by atoms with E-state index in [4.69, 9.17) is 0 Å². The molecular weight excluding hydrogens is 274 g/mol. The van der Waals surface area contributed by atoms with E-state index < -0.39 is 10.0 Å². The highest BCUT2D eigenvalue weighted by Crippen LogP contribution is 2.14. The zero-order valence-corrected chi connectivity index (χ0v) is 13.5. The van der Waals surface area contributed by atoms with Gasteiger partial charge in [-0.05, 0) is 38.8 Å². The molecule has 6 heteroatoms. The van der Waals surface area contributed by atoms with Crippen LogP contribution in [0.2, 0.25) is 0 Å². The van der Waals surface area contributed by atoms with E-state index in [1.807, 2.05) is 0 Å². The Morgan fingerprint density at radius 1 is 1.15 bits per heavy atom. The Labute approximate surface area is 123 Å². The van der Waals surface area contributed by atoms with Crippen LogP contribution in [0.1, 0.15) is 39.0 Å². The van der Waals surface area contributed by atoms with Crippen molar-refractivity contribution < 1.29 is 8.42 Å². The van der Waals surface area contributed by atoms with E-state index in [2.05, 4.69) is 17.1 Å². The summed E-state index contributed by atoms with van der Waals surface area (Å²) in [5.41, 5.74) is 0. The normalized spacial score (nSPS) is 26.8. The summed E-state index contributed by atoms with van der Waals surface area (Å²) in [6.07, 6.45) is 5.48. The molecule has 1 N–H and O–H groups in total. The minimum atomic E-state index is -3.05. The van der Waals surface area contributed by atoms with Crippen LogP contribution >= 0.6 is 0 Å². The third-order valence-corrected chi connectivity index (χ3v) is 6.30. The van der Waals surface area contributed by atoms with Gasteiger partial charge in [-0.15, -0.1) is 0 Å². The fraction of sp³-hybridized carbons (Fsp3) is 1.00. The van der Waals surface area contributed by atoms with Crippen molar-refractivity contribution in [2.75, 3.05) is 45.0 Å². The second kappa shape index (κ2) is 7.73. The minimum Gasteiger partial charge on any atom is -0.314 e. The number of rotatable bonds is 6. The van der Waals surface area contributed by atoms with Gasteiger partial charge in [-0.25, -0.2) is 8.42 Å². The first-order valence-electron chi connectivity index (χ1n) is 8.05. The highest BCUT2D eigenvalue weighted by atomic mass is 32.2. The smallest absolute Gasteiger partial charge is 0.214 e. The molecule has 2 aliphatic heterocycles. The van der Waals surface area contributed by atoms with Gasteiger partial charge in [0.05, 0.1) is 5.75 Å². The maximum Gasteiger partial charge on any atom is 0.214 e. The molecule has 2 heterocycles. The molecular formula is C14H29N3O2S. The molecule has 1 atom stereocenters. The molecule has 0 aromatic rings. The quantitative estimate of drug-likeness (QED) is 0.791. The van der Waals surface area contributed by atoms with Crippen molar-refractivity contribution in [2.45, 2.75) is 45.1 Å². The molecule has 2 fully saturated rings. The van der Waals surface area contributed by atoms with Crippen LogP contribution in [0.4, 0.5) is 0 Å². The van der Waals surface area contributed by atoms with Crippen LogP contribution in [0.15, 0.2) is 0 Å². The van der Waals surface area contributed by atoms with Gasteiger partial charge in [0.15, 0.2) is 0 Å². The van der Waals surface area contributed by atoms with Crippen molar-refractivity contribution in [1.29, 1.82) is 0 Å². The molecule has 0 aliphatic carbocycles. The lowest BCUT2D eigenvalue weighted by Gasteiger charge is -2.34. The first kappa shape index (κ1) is 16.2. The summed E-state index contributed by atoms with van der Waals surface area (Å²) in [5, 5.41) is 3.43. The van der Waals surface area contributed by atoms with Crippen LogP contribution in [0.5, 0.6) is 0 Å². The van der Waals surface area contributed by atoms with E-state index in [0.717, 1.165) is 45.4 Å². The van der Waals surface area contributed by atoms with Gasteiger partial charge >= 0.3 is 0 Å². The molecule has 0 bridgehead atoms. The van der Waals surface area contributed by atoms with Crippen molar-refractivity contribution in [3.63, 3.8) is 0 Å². The number of piperazine rings is 1. The van der Waals surface area contributed by atoms with Crippen molar-refractivity contribution in [1.82, 2.24) is 14.5 Å². The molecule has 0 amide bonds. The number of hydrogen-bond acceptors (Lipinski definition) is 4. The topological polar surface area (TPSA) is 52.7 Å². The number of sulfonamides is 1. The number of nitrogens with one attached hydrogen (secondary N) is 1. The van der Waals surface area contributed by atoms with Gasteiger partial charge in [-0.2, -0.15) is 4.31 Å². The van der Waals surface area contributed by atoms with E-state index in [0.29, 0.717) is 24.9 Å². The molecule has 5 nitrogen and oxygen atoms in total. The van der Waals surface area contributed by atoms with Crippen LogP contribution in [0.3, 0.4) is 0 Å². The average Bonchev–Trinajstić information content (AvgIpc) is 2.47. The largest absolute Gasteiger partial charge is 0.314 e. The zero-order valence-electron chi connectivity index (χ0n) is 12.7.